The highest BCUT2D eigenvalue weighted by molar-refractivity contribution is 5.70. The zero-order chi connectivity index (χ0) is 19.9. The van der Waals surface area contributed by atoms with Crippen LogP contribution in [-0.4, -0.2) is 26.3 Å². The minimum absolute atomic E-state index is 0.303. The maximum atomic E-state index is 10.1. The lowest BCUT2D eigenvalue weighted by atomic mass is 10.1. The summed E-state index contributed by atoms with van der Waals surface area (Å²) in [5.74, 6) is 1.16. The number of nitrogens with zero attached hydrogens (tertiary/aromatic N) is 1. The molecule has 0 heterocycles. The molecule has 0 saturated heterocycles. The molecule has 4 heteroatoms. The van der Waals surface area contributed by atoms with Crippen molar-refractivity contribution in [2.75, 3.05) is 31.4 Å². The first kappa shape index (κ1) is 19.4. The van der Waals surface area contributed by atoms with Gasteiger partial charge in [-0.3, -0.25) is 0 Å². The maximum absolute atomic E-state index is 10.1. The molecule has 0 aliphatic rings. The molecule has 0 bridgehead atoms. The molecule has 0 aromatic heterocycles. The Balaban J connectivity index is 1.61. The topological polar surface area (TPSA) is 44.7 Å². The summed E-state index contributed by atoms with van der Waals surface area (Å²) >= 11 is 0. The lowest BCUT2D eigenvalue weighted by Gasteiger charge is -2.15. The second-order valence-corrected chi connectivity index (χ2v) is 6.79. The predicted octanol–water partition coefficient (Wildman–Crippen LogP) is 5.25. The normalized spacial score (nSPS) is 10.8. The minimum Gasteiger partial charge on any atom is -0.508 e. The number of aromatic hydroxyl groups is 1. The van der Waals surface area contributed by atoms with E-state index in [0.29, 0.717) is 12.3 Å². The molecule has 0 unspecified atom stereocenters. The molecular weight excluding hydrogens is 348 g/mol. The van der Waals surface area contributed by atoms with Crippen molar-refractivity contribution in [2.24, 2.45) is 0 Å². The summed E-state index contributed by atoms with van der Waals surface area (Å²) in [6.07, 6.45) is 4.16. The number of hydrogen-bond acceptors (Lipinski definition) is 4. The van der Waals surface area contributed by atoms with Gasteiger partial charge >= 0.3 is 0 Å². The first-order chi connectivity index (χ1) is 13.5. The van der Waals surface area contributed by atoms with E-state index >= 15 is 0 Å². The first-order valence-corrected chi connectivity index (χ1v) is 9.20. The van der Waals surface area contributed by atoms with Crippen LogP contribution < -0.4 is 15.0 Å². The second-order valence-electron chi connectivity index (χ2n) is 6.79. The van der Waals surface area contributed by atoms with Crippen molar-refractivity contribution in [1.29, 1.82) is 0 Å². The highest BCUT2D eigenvalue weighted by Gasteiger charge is 2.04. The van der Waals surface area contributed by atoms with Gasteiger partial charge in [-0.25, -0.2) is 0 Å². The van der Waals surface area contributed by atoms with Gasteiger partial charge in [-0.05, 0) is 53.6 Å². The number of methoxy groups -OCH3 is 1. The molecule has 0 aliphatic carbocycles. The number of anilines is 2. The predicted molar refractivity (Wildman–Crippen MR) is 118 cm³/mol. The fourth-order valence-corrected chi connectivity index (χ4v) is 2.81. The Kier molecular flexibility index (Phi) is 6.22. The van der Waals surface area contributed by atoms with Gasteiger partial charge in [0.15, 0.2) is 0 Å². The van der Waals surface area contributed by atoms with Crippen LogP contribution in [0.5, 0.6) is 11.5 Å². The Labute approximate surface area is 166 Å². The van der Waals surface area contributed by atoms with Crippen molar-refractivity contribution >= 4 is 23.5 Å². The fraction of sp³-hybridized carbons (Fsp3) is 0.167. The van der Waals surface area contributed by atoms with Crippen molar-refractivity contribution in [3.8, 4) is 11.5 Å². The molecule has 0 spiro atoms. The van der Waals surface area contributed by atoms with Crippen LogP contribution >= 0.6 is 0 Å². The summed E-state index contributed by atoms with van der Waals surface area (Å²) in [7, 11) is 5.64. The molecule has 3 aromatic rings. The second kappa shape index (κ2) is 9.00. The fourth-order valence-electron chi connectivity index (χ4n) is 2.81. The molecular formula is C24H26N2O2. The highest BCUT2D eigenvalue weighted by Crippen LogP contribution is 2.24. The average molecular weight is 374 g/mol. The van der Waals surface area contributed by atoms with Crippen LogP contribution in [0.3, 0.4) is 0 Å². The standard InChI is InChI=1S/C24H26N2O2/c1-26(2)22-12-15-24(27)20(16-22)17-25-21-10-6-18(7-11-21)4-5-19-8-13-23(28-3)14-9-19/h4-16,25,27H,17H2,1-3H3/b5-4+. The maximum Gasteiger partial charge on any atom is 0.120 e. The Morgan fingerprint density at radius 2 is 1.50 bits per heavy atom. The van der Waals surface area contributed by atoms with Gasteiger partial charge in [0.2, 0.25) is 0 Å². The van der Waals surface area contributed by atoms with Gasteiger partial charge < -0.3 is 20.1 Å². The molecule has 0 saturated carbocycles. The Hall–Kier alpha value is -3.40. The summed E-state index contributed by atoms with van der Waals surface area (Å²) < 4.78 is 5.18. The van der Waals surface area contributed by atoms with Gasteiger partial charge in [-0.1, -0.05) is 36.4 Å². The first-order valence-electron chi connectivity index (χ1n) is 9.20. The van der Waals surface area contributed by atoms with Crippen LogP contribution in [0.15, 0.2) is 66.7 Å². The Morgan fingerprint density at radius 3 is 2.07 bits per heavy atom. The van der Waals surface area contributed by atoms with E-state index in [1.54, 1.807) is 13.2 Å². The molecule has 0 radical (unpaired) electrons. The van der Waals surface area contributed by atoms with Crippen LogP contribution in [0.1, 0.15) is 16.7 Å². The molecule has 2 N–H and O–H groups in total. The molecule has 144 valence electrons. The summed E-state index contributed by atoms with van der Waals surface area (Å²) in [4.78, 5) is 2.02. The summed E-state index contributed by atoms with van der Waals surface area (Å²) in [6.45, 7) is 0.564. The lowest BCUT2D eigenvalue weighted by molar-refractivity contribution is 0.415. The number of ether oxygens (including phenoxy) is 1. The average Bonchev–Trinajstić information content (AvgIpc) is 2.72. The number of benzene rings is 3. The minimum atomic E-state index is 0.303. The van der Waals surface area contributed by atoms with Gasteiger partial charge in [0.25, 0.3) is 0 Å². The highest BCUT2D eigenvalue weighted by atomic mass is 16.5. The van der Waals surface area contributed by atoms with E-state index in [2.05, 4.69) is 29.6 Å². The van der Waals surface area contributed by atoms with Crippen LogP contribution in [-0.2, 0) is 6.54 Å². The third-order valence-corrected chi connectivity index (χ3v) is 4.56. The summed E-state index contributed by atoms with van der Waals surface area (Å²) in [5, 5.41) is 13.4. The van der Waals surface area contributed by atoms with Gasteiger partial charge in [0, 0.05) is 37.6 Å². The van der Waals surface area contributed by atoms with E-state index in [-0.39, 0.29) is 0 Å². The third kappa shape index (κ3) is 5.07. The number of phenolic OH excluding ortho intramolecular Hbond substituents is 1. The van der Waals surface area contributed by atoms with Crippen molar-refractivity contribution in [1.82, 2.24) is 0 Å². The van der Waals surface area contributed by atoms with Gasteiger partial charge in [-0.15, -0.1) is 0 Å². The van der Waals surface area contributed by atoms with Crippen molar-refractivity contribution in [2.45, 2.75) is 6.54 Å². The van der Waals surface area contributed by atoms with Crippen LogP contribution in [0.25, 0.3) is 12.2 Å². The number of nitrogens with one attached hydrogen (secondary N) is 1. The molecule has 4 nitrogen and oxygen atoms in total. The number of hydrogen-bond donors (Lipinski definition) is 2. The molecule has 28 heavy (non-hydrogen) atoms. The van der Waals surface area contributed by atoms with E-state index in [1.807, 2.05) is 67.5 Å². The monoisotopic (exact) mass is 374 g/mol. The van der Waals surface area contributed by atoms with E-state index < -0.39 is 0 Å². The van der Waals surface area contributed by atoms with Crippen molar-refractivity contribution < 1.29 is 9.84 Å². The third-order valence-electron chi connectivity index (χ3n) is 4.56. The zero-order valence-corrected chi connectivity index (χ0v) is 16.5. The van der Waals surface area contributed by atoms with Crippen LogP contribution in [0.2, 0.25) is 0 Å². The largest absolute Gasteiger partial charge is 0.508 e. The van der Waals surface area contributed by atoms with Crippen molar-refractivity contribution in [3.63, 3.8) is 0 Å². The van der Waals surface area contributed by atoms with E-state index in [4.69, 9.17) is 4.74 Å². The number of rotatable bonds is 7. The van der Waals surface area contributed by atoms with Gasteiger partial charge in [-0.2, -0.15) is 0 Å². The number of phenols is 1. The van der Waals surface area contributed by atoms with E-state index in [9.17, 15) is 5.11 Å². The molecule has 0 atom stereocenters. The Morgan fingerprint density at radius 1 is 0.893 bits per heavy atom. The molecule has 0 aliphatic heterocycles. The molecule has 0 amide bonds. The SMILES string of the molecule is COc1ccc(/C=C/c2ccc(NCc3cc(N(C)C)ccc3O)cc2)cc1. The quantitative estimate of drug-likeness (QED) is 0.555. The summed E-state index contributed by atoms with van der Waals surface area (Å²) in [6, 6.07) is 21.8. The zero-order valence-electron chi connectivity index (χ0n) is 16.5. The van der Waals surface area contributed by atoms with Crippen molar-refractivity contribution in [3.05, 3.63) is 83.4 Å². The van der Waals surface area contributed by atoms with Gasteiger partial charge in [0.1, 0.15) is 11.5 Å². The van der Waals surface area contributed by atoms with E-state index in [1.165, 1.54) is 0 Å². The van der Waals surface area contributed by atoms with Crippen LogP contribution in [0.4, 0.5) is 11.4 Å². The lowest BCUT2D eigenvalue weighted by Crippen LogP contribution is -2.09. The summed E-state index contributed by atoms with van der Waals surface area (Å²) in [5.41, 5.74) is 5.19. The van der Waals surface area contributed by atoms with E-state index in [0.717, 1.165) is 33.8 Å². The van der Waals surface area contributed by atoms with Gasteiger partial charge in [0.05, 0.1) is 7.11 Å². The Bertz CT molecular complexity index is 930. The molecule has 3 aromatic carbocycles. The van der Waals surface area contributed by atoms with Crippen LogP contribution in [0, 0.1) is 0 Å². The molecule has 0 fully saturated rings. The smallest absolute Gasteiger partial charge is 0.120 e. The molecule has 3 rings (SSSR count).